The van der Waals surface area contributed by atoms with Crippen molar-refractivity contribution in [1.29, 1.82) is 0 Å². The van der Waals surface area contributed by atoms with Crippen LogP contribution in [-0.2, 0) is 6.54 Å². The molecule has 112 valence electrons. The van der Waals surface area contributed by atoms with Crippen LogP contribution >= 0.6 is 0 Å². The molecule has 1 aromatic heterocycles. The first kappa shape index (κ1) is 15.0. The van der Waals surface area contributed by atoms with E-state index in [4.69, 9.17) is 10.2 Å². The molecule has 0 unspecified atom stereocenters. The lowest BCUT2D eigenvalue weighted by atomic mass is 10.2. The number of nitrogens with zero attached hydrogens (tertiary/aromatic N) is 2. The van der Waals surface area contributed by atoms with Crippen molar-refractivity contribution in [3.05, 3.63) is 27.7 Å². The van der Waals surface area contributed by atoms with Gasteiger partial charge in [0.15, 0.2) is 5.75 Å². The summed E-state index contributed by atoms with van der Waals surface area (Å²) < 4.78 is 2.01. The van der Waals surface area contributed by atoms with Gasteiger partial charge < -0.3 is 19.9 Å². The summed E-state index contributed by atoms with van der Waals surface area (Å²) in [6, 6.07) is 1.81. The molecule has 0 aromatic carbocycles. The van der Waals surface area contributed by atoms with E-state index in [0.717, 1.165) is 18.5 Å². The first-order valence-electron chi connectivity index (χ1n) is 6.96. The number of pyridine rings is 1. The molecule has 0 radical (unpaired) electrons. The Morgan fingerprint density at radius 2 is 1.90 bits per heavy atom. The van der Waals surface area contributed by atoms with Gasteiger partial charge in [-0.2, -0.15) is 0 Å². The predicted molar refractivity (Wildman–Crippen MR) is 74.8 cm³/mol. The third-order valence-corrected chi connectivity index (χ3v) is 3.64. The van der Waals surface area contributed by atoms with Gasteiger partial charge in [-0.05, 0) is 19.8 Å². The summed E-state index contributed by atoms with van der Waals surface area (Å²) in [6.07, 6.45) is 2.10. The highest BCUT2D eigenvalue weighted by atomic mass is 16.3. The van der Waals surface area contributed by atoms with Gasteiger partial charge in [0.1, 0.15) is 0 Å². The Bertz CT molecular complexity index is 517. The standard InChI is InChI=1S/C14H22N2O4/c1-10-8-13(19)14(20)12(16(10)11-2-3-11)9-15(4-6-17)5-7-18/h8,11,17-18,20H,2-7,9H2,1H3. The van der Waals surface area contributed by atoms with Gasteiger partial charge in [0.2, 0.25) is 5.43 Å². The largest absolute Gasteiger partial charge is 0.503 e. The van der Waals surface area contributed by atoms with Crippen LogP contribution < -0.4 is 5.43 Å². The van der Waals surface area contributed by atoms with Crippen LogP contribution in [0.25, 0.3) is 0 Å². The third-order valence-electron chi connectivity index (χ3n) is 3.64. The zero-order valence-corrected chi connectivity index (χ0v) is 11.7. The Kier molecular flexibility index (Phi) is 4.80. The second-order valence-electron chi connectivity index (χ2n) is 5.27. The van der Waals surface area contributed by atoms with Gasteiger partial charge in [-0.3, -0.25) is 9.69 Å². The van der Waals surface area contributed by atoms with E-state index in [1.807, 2.05) is 16.4 Å². The highest BCUT2D eigenvalue weighted by molar-refractivity contribution is 5.31. The minimum Gasteiger partial charge on any atom is -0.503 e. The third kappa shape index (κ3) is 3.20. The van der Waals surface area contributed by atoms with Crippen molar-refractivity contribution < 1.29 is 15.3 Å². The normalized spacial score (nSPS) is 15.0. The first-order valence-corrected chi connectivity index (χ1v) is 6.96. The number of rotatable bonds is 7. The van der Waals surface area contributed by atoms with Crippen LogP contribution in [0.4, 0.5) is 0 Å². The van der Waals surface area contributed by atoms with Crippen molar-refractivity contribution in [2.45, 2.75) is 32.4 Å². The van der Waals surface area contributed by atoms with Crippen LogP contribution in [0.3, 0.4) is 0 Å². The first-order chi connectivity index (χ1) is 9.58. The molecule has 1 fully saturated rings. The fourth-order valence-corrected chi connectivity index (χ4v) is 2.55. The van der Waals surface area contributed by atoms with E-state index in [9.17, 15) is 9.90 Å². The molecule has 2 rings (SSSR count). The Morgan fingerprint density at radius 1 is 1.30 bits per heavy atom. The lowest BCUT2D eigenvalue weighted by molar-refractivity contribution is 0.152. The van der Waals surface area contributed by atoms with Crippen molar-refractivity contribution in [2.24, 2.45) is 0 Å². The van der Waals surface area contributed by atoms with E-state index >= 15 is 0 Å². The fourth-order valence-electron chi connectivity index (χ4n) is 2.55. The average molecular weight is 282 g/mol. The Balaban J connectivity index is 2.35. The molecule has 20 heavy (non-hydrogen) atoms. The SMILES string of the molecule is Cc1cc(=O)c(O)c(CN(CCO)CCO)n1C1CC1. The van der Waals surface area contributed by atoms with Crippen LogP contribution in [0.15, 0.2) is 10.9 Å². The number of aliphatic hydroxyl groups excluding tert-OH is 2. The molecule has 6 heteroatoms. The van der Waals surface area contributed by atoms with Crippen LogP contribution in [0, 0.1) is 6.92 Å². The highest BCUT2D eigenvalue weighted by Crippen LogP contribution is 2.38. The van der Waals surface area contributed by atoms with E-state index in [1.54, 1.807) is 0 Å². The van der Waals surface area contributed by atoms with Gasteiger partial charge >= 0.3 is 0 Å². The van der Waals surface area contributed by atoms with Crippen LogP contribution in [-0.4, -0.2) is 51.1 Å². The molecule has 1 aliphatic carbocycles. The summed E-state index contributed by atoms with van der Waals surface area (Å²) in [6.45, 7) is 2.95. The Morgan fingerprint density at radius 3 is 2.40 bits per heavy atom. The molecule has 0 saturated heterocycles. The quantitative estimate of drug-likeness (QED) is 0.654. The molecule has 0 spiro atoms. The number of aliphatic hydroxyl groups is 2. The summed E-state index contributed by atoms with van der Waals surface area (Å²) in [7, 11) is 0. The second kappa shape index (κ2) is 6.39. The van der Waals surface area contributed by atoms with E-state index < -0.39 is 0 Å². The number of hydrogen-bond donors (Lipinski definition) is 3. The molecule has 0 atom stereocenters. The number of hydrogen-bond acceptors (Lipinski definition) is 5. The molecule has 1 saturated carbocycles. The molecule has 1 heterocycles. The summed E-state index contributed by atoms with van der Waals surface area (Å²) in [5.41, 5.74) is 1.06. The minimum absolute atomic E-state index is 0.0275. The summed E-state index contributed by atoms with van der Waals surface area (Å²) in [5, 5.41) is 28.2. The van der Waals surface area contributed by atoms with Crippen LogP contribution in [0.5, 0.6) is 5.75 Å². The molecule has 1 aromatic rings. The Labute approximate surface area is 117 Å². The summed E-state index contributed by atoms with van der Waals surface area (Å²) in [5.74, 6) is -0.219. The van der Waals surface area contributed by atoms with Gasteiger partial charge in [-0.15, -0.1) is 0 Å². The van der Waals surface area contributed by atoms with Gasteiger partial charge in [-0.1, -0.05) is 0 Å². The van der Waals surface area contributed by atoms with E-state index in [-0.39, 0.29) is 24.4 Å². The van der Waals surface area contributed by atoms with E-state index in [1.165, 1.54) is 6.07 Å². The molecule has 6 nitrogen and oxygen atoms in total. The van der Waals surface area contributed by atoms with Gasteiger partial charge in [0, 0.05) is 37.4 Å². The average Bonchev–Trinajstić information content (AvgIpc) is 3.20. The maximum Gasteiger partial charge on any atom is 0.223 e. The van der Waals surface area contributed by atoms with Crippen molar-refractivity contribution in [3.8, 4) is 5.75 Å². The molecule has 3 N–H and O–H groups in total. The lowest BCUT2D eigenvalue weighted by Gasteiger charge is -2.24. The maximum atomic E-state index is 11.8. The molecule has 0 bridgehead atoms. The lowest BCUT2D eigenvalue weighted by Crippen LogP contribution is -2.31. The molecular formula is C14H22N2O4. The number of aromatic nitrogens is 1. The summed E-state index contributed by atoms with van der Waals surface area (Å²) in [4.78, 5) is 13.6. The van der Waals surface area contributed by atoms with Crippen molar-refractivity contribution in [1.82, 2.24) is 9.47 Å². The Hall–Kier alpha value is -1.37. The smallest absolute Gasteiger partial charge is 0.223 e. The monoisotopic (exact) mass is 282 g/mol. The van der Waals surface area contributed by atoms with Gasteiger partial charge in [-0.25, -0.2) is 0 Å². The van der Waals surface area contributed by atoms with E-state index in [0.29, 0.717) is 31.4 Å². The van der Waals surface area contributed by atoms with Crippen molar-refractivity contribution in [3.63, 3.8) is 0 Å². The highest BCUT2D eigenvalue weighted by Gasteiger charge is 2.28. The maximum absolute atomic E-state index is 11.8. The van der Waals surface area contributed by atoms with Crippen molar-refractivity contribution >= 4 is 0 Å². The van der Waals surface area contributed by atoms with Crippen molar-refractivity contribution in [2.75, 3.05) is 26.3 Å². The topological polar surface area (TPSA) is 85.9 Å². The predicted octanol–water partition coefficient (Wildman–Crippen LogP) is -0.0162. The second-order valence-corrected chi connectivity index (χ2v) is 5.27. The zero-order valence-electron chi connectivity index (χ0n) is 11.7. The van der Waals surface area contributed by atoms with E-state index in [2.05, 4.69) is 0 Å². The molecule has 0 amide bonds. The van der Waals surface area contributed by atoms with Gasteiger partial charge in [0.05, 0.1) is 18.9 Å². The van der Waals surface area contributed by atoms with Crippen LogP contribution in [0.1, 0.15) is 30.3 Å². The summed E-state index contributed by atoms with van der Waals surface area (Å²) >= 11 is 0. The zero-order chi connectivity index (χ0) is 14.7. The molecular weight excluding hydrogens is 260 g/mol. The van der Waals surface area contributed by atoms with Gasteiger partial charge in [0.25, 0.3) is 0 Å². The molecule has 1 aliphatic rings. The van der Waals surface area contributed by atoms with Crippen LogP contribution in [0.2, 0.25) is 0 Å². The minimum atomic E-state index is -0.373. The number of aromatic hydroxyl groups is 1. The number of aryl methyl sites for hydroxylation is 1. The molecule has 0 aliphatic heterocycles. The fraction of sp³-hybridized carbons (Fsp3) is 0.643.